The van der Waals surface area contributed by atoms with Crippen LogP contribution in [-0.4, -0.2) is 46.2 Å². The van der Waals surface area contributed by atoms with Crippen LogP contribution in [0.3, 0.4) is 0 Å². The van der Waals surface area contributed by atoms with E-state index in [9.17, 15) is 24.3 Å². The molecule has 9 nitrogen and oxygen atoms in total. The SMILES string of the molecule is O=C([O-])[C@H](O)[C@@H](O)[C@@H](O)COP(=O)([O-])[O-]. The molecule has 0 bridgehead atoms. The van der Waals surface area contributed by atoms with Gasteiger partial charge in [0.05, 0.1) is 20.4 Å². The Morgan fingerprint density at radius 2 is 1.80 bits per heavy atom. The van der Waals surface area contributed by atoms with E-state index in [0.29, 0.717) is 0 Å². The zero-order valence-electron chi connectivity index (χ0n) is 7.18. The Morgan fingerprint density at radius 1 is 1.33 bits per heavy atom. The minimum absolute atomic E-state index is 1.16. The summed E-state index contributed by atoms with van der Waals surface area (Å²) in [7, 11) is -5.33. The molecule has 0 fully saturated rings. The fraction of sp³-hybridized carbons (Fsp3) is 0.800. The molecule has 0 aliphatic heterocycles. The molecular weight excluding hydrogens is 235 g/mol. The van der Waals surface area contributed by atoms with E-state index in [1.807, 2.05) is 0 Å². The highest BCUT2D eigenvalue weighted by atomic mass is 31.2. The number of carboxylic acids is 1. The van der Waals surface area contributed by atoms with Gasteiger partial charge in [0.1, 0.15) is 18.3 Å². The summed E-state index contributed by atoms with van der Waals surface area (Å²) < 4.78 is 13.5. The summed E-state index contributed by atoms with van der Waals surface area (Å²) in [5.74, 6) is -2.06. The summed E-state index contributed by atoms with van der Waals surface area (Å²) in [6.07, 6.45) is -6.68. The second-order valence-corrected chi connectivity index (χ2v) is 3.72. The average Bonchev–Trinajstić information content (AvgIpc) is 2.10. The van der Waals surface area contributed by atoms with E-state index in [4.69, 9.17) is 15.3 Å². The number of phosphoric acid groups is 1. The van der Waals surface area contributed by atoms with Crippen LogP contribution in [0, 0.1) is 0 Å². The first-order valence-corrected chi connectivity index (χ1v) is 5.03. The van der Waals surface area contributed by atoms with Crippen molar-refractivity contribution in [1.82, 2.24) is 0 Å². The Labute approximate surface area is 83.8 Å². The number of aliphatic hydroxyl groups excluding tert-OH is 3. The lowest BCUT2D eigenvalue weighted by molar-refractivity contribution is -0.343. The molecule has 3 N–H and O–H groups in total. The van der Waals surface area contributed by atoms with Gasteiger partial charge in [0, 0.05) is 0 Å². The quantitative estimate of drug-likeness (QED) is 0.384. The first kappa shape index (κ1) is 14.5. The number of carboxylic acid groups (broad SMARTS) is 1. The van der Waals surface area contributed by atoms with Gasteiger partial charge in [-0.15, -0.1) is 0 Å². The van der Waals surface area contributed by atoms with Gasteiger partial charge in [-0.3, -0.25) is 0 Å². The van der Waals surface area contributed by atoms with E-state index in [-0.39, 0.29) is 0 Å². The number of aliphatic hydroxyl groups is 3. The number of carbonyl (C=O) groups is 1. The molecule has 90 valence electrons. The molecule has 0 radical (unpaired) electrons. The molecule has 0 aliphatic carbocycles. The molecular formula is C5H8O9P-3. The summed E-state index contributed by atoms with van der Waals surface area (Å²) in [4.78, 5) is 29.9. The van der Waals surface area contributed by atoms with Gasteiger partial charge in [-0.1, -0.05) is 0 Å². The Balaban J connectivity index is 4.16. The number of rotatable bonds is 6. The van der Waals surface area contributed by atoms with Crippen LogP contribution < -0.4 is 14.9 Å². The third-order valence-corrected chi connectivity index (χ3v) is 1.83. The van der Waals surface area contributed by atoms with E-state index < -0.39 is 38.7 Å². The lowest BCUT2D eigenvalue weighted by atomic mass is 10.1. The summed E-state index contributed by atoms with van der Waals surface area (Å²) in [5, 5.41) is 36.4. The molecule has 0 heterocycles. The first-order chi connectivity index (χ1) is 6.65. The van der Waals surface area contributed by atoms with Crippen molar-refractivity contribution < 1.29 is 44.1 Å². The topological polar surface area (TPSA) is 173 Å². The van der Waals surface area contributed by atoms with Gasteiger partial charge in [-0.05, 0) is 0 Å². The zero-order chi connectivity index (χ0) is 12.2. The monoisotopic (exact) mass is 243 g/mol. The van der Waals surface area contributed by atoms with Crippen molar-refractivity contribution in [2.24, 2.45) is 0 Å². The normalized spacial score (nSPS) is 18.2. The Morgan fingerprint density at radius 3 is 2.13 bits per heavy atom. The van der Waals surface area contributed by atoms with E-state index in [2.05, 4.69) is 4.52 Å². The molecule has 0 saturated carbocycles. The second-order valence-electron chi connectivity index (χ2n) is 2.56. The Hall–Kier alpha value is -0.540. The van der Waals surface area contributed by atoms with Gasteiger partial charge in [0.25, 0.3) is 0 Å². The van der Waals surface area contributed by atoms with Crippen LogP contribution >= 0.6 is 7.82 Å². The predicted octanol–water partition coefficient (Wildman–Crippen LogP) is -5.34. The highest BCUT2D eigenvalue weighted by molar-refractivity contribution is 7.43. The molecule has 0 rings (SSSR count). The number of phosphoric ester groups is 1. The molecule has 0 aromatic heterocycles. The smallest absolute Gasteiger partial charge is 0.122 e. The fourth-order valence-corrected chi connectivity index (χ4v) is 0.951. The van der Waals surface area contributed by atoms with Crippen molar-refractivity contribution >= 4 is 13.8 Å². The van der Waals surface area contributed by atoms with E-state index in [1.165, 1.54) is 0 Å². The van der Waals surface area contributed by atoms with Crippen LogP contribution in [0.2, 0.25) is 0 Å². The Kier molecular flexibility index (Phi) is 5.32. The van der Waals surface area contributed by atoms with Gasteiger partial charge in [0.15, 0.2) is 0 Å². The summed E-state index contributed by atoms with van der Waals surface area (Å²) in [6.45, 7) is -1.16. The third kappa shape index (κ3) is 5.80. The summed E-state index contributed by atoms with van der Waals surface area (Å²) in [6, 6.07) is 0. The molecule has 0 spiro atoms. The highest BCUT2D eigenvalue weighted by Crippen LogP contribution is 2.24. The van der Waals surface area contributed by atoms with Crippen LogP contribution in [0.15, 0.2) is 0 Å². The summed E-state index contributed by atoms with van der Waals surface area (Å²) >= 11 is 0. The molecule has 0 unspecified atom stereocenters. The molecule has 0 aromatic carbocycles. The molecule has 0 saturated heterocycles. The van der Waals surface area contributed by atoms with Crippen LogP contribution in [0.1, 0.15) is 0 Å². The average molecular weight is 243 g/mol. The highest BCUT2D eigenvalue weighted by Gasteiger charge is 2.25. The van der Waals surface area contributed by atoms with Gasteiger partial charge in [-0.25, -0.2) is 0 Å². The fourth-order valence-electron chi connectivity index (χ4n) is 0.616. The van der Waals surface area contributed by atoms with Crippen molar-refractivity contribution in [2.45, 2.75) is 18.3 Å². The van der Waals surface area contributed by atoms with E-state index in [1.54, 1.807) is 0 Å². The van der Waals surface area contributed by atoms with Crippen LogP contribution in [-0.2, 0) is 13.9 Å². The van der Waals surface area contributed by atoms with E-state index in [0.717, 1.165) is 0 Å². The maximum atomic E-state index is 10.00. The number of hydrogen-bond acceptors (Lipinski definition) is 9. The maximum absolute atomic E-state index is 10.00. The van der Waals surface area contributed by atoms with Gasteiger partial charge >= 0.3 is 0 Å². The van der Waals surface area contributed by atoms with Gasteiger partial charge in [-0.2, -0.15) is 0 Å². The standard InChI is InChI=1S/C5H11O9P/c6-2(1-14-15(11,12)13)3(7)4(8)5(9)10/h2-4,6-8H,1H2,(H,9,10)(H2,11,12,13)/p-3/t2-,3-,4+/m0/s1. The van der Waals surface area contributed by atoms with Gasteiger partial charge < -0.3 is 44.1 Å². The largest absolute Gasteiger partial charge is 0.790 e. The van der Waals surface area contributed by atoms with E-state index >= 15 is 0 Å². The van der Waals surface area contributed by atoms with Crippen LogP contribution in [0.5, 0.6) is 0 Å². The number of hydrogen-bond donors (Lipinski definition) is 3. The second kappa shape index (κ2) is 5.52. The molecule has 3 atom stereocenters. The lowest BCUT2D eigenvalue weighted by Gasteiger charge is -2.31. The summed E-state index contributed by atoms with van der Waals surface area (Å²) in [5.41, 5.74) is 0. The molecule has 15 heavy (non-hydrogen) atoms. The minimum Gasteiger partial charge on any atom is -0.790 e. The van der Waals surface area contributed by atoms with Crippen molar-refractivity contribution in [2.75, 3.05) is 6.61 Å². The predicted molar refractivity (Wildman–Crippen MR) is 36.6 cm³/mol. The van der Waals surface area contributed by atoms with Crippen molar-refractivity contribution in [3.63, 3.8) is 0 Å². The number of aliphatic carboxylic acids is 1. The van der Waals surface area contributed by atoms with Gasteiger partial charge in [0.2, 0.25) is 0 Å². The molecule has 10 heteroatoms. The Bertz CT molecular complexity index is 259. The lowest BCUT2D eigenvalue weighted by Crippen LogP contribution is -2.49. The minimum atomic E-state index is -5.33. The zero-order valence-corrected chi connectivity index (χ0v) is 8.07. The first-order valence-electron chi connectivity index (χ1n) is 3.57. The van der Waals surface area contributed by atoms with Crippen LogP contribution in [0.25, 0.3) is 0 Å². The molecule has 0 aliphatic rings. The number of carbonyl (C=O) groups excluding carboxylic acids is 1. The van der Waals surface area contributed by atoms with Crippen LogP contribution in [0.4, 0.5) is 0 Å². The third-order valence-electron chi connectivity index (χ3n) is 1.36. The molecule has 0 amide bonds. The molecule has 0 aromatic rings. The van der Waals surface area contributed by atoms with Crippen molar-refractivity contribution in [1.29, 1.82) is 0 Å². The van der Waals surface area contributed by atoms with Crippen molar-refractivity contribution in [3.05, 3.63) is 0 Å². The van der Waals surface area contributed by atoms with Crippen molar-refractivity contribution in [3.8, 4) is 0 Å². The maximum Gasteiger partial charge on any atom is 0.122 e.